The molecule has 0 radical (unpaired) electrons. The number of aliphatic imine (C=N–C) groups is 1. The predicted octanol–water partition coefficient (Wildman–Crippen LogP) is 5.64. The summed E-state index contributed by atoms with van der Waals surface area (Å²) in [5.74, 6) is 0.233. The van der Waals surface area contributed by atoms with Crippen LogP contribution < -0.4 is 0 Å². The smallest absolute Gasteiger partial charge is 0.337 e. The van der Waals surface area contributed by atoms with Crippen molar-refractivity contribution in [2.45, 2.75) is 0 Å². The summed E-state index contributed by atoms with van der Waals surface area (Å²) in [6.07, 6.45) is 1.74. The number of rotatable bonds is 4. The molecule has 3 aromatic carbocycles. The van der Waals surface area contributed by atoms with E-state index in [1.54, 1.807) is 18.3 Å². The first-order valence-corrected chi connectivity index (χ1v) is 9.59. The molecular formula is C22H15IN2O3. The van der Waals surface area contributed by atoms with Gasteiger partial charge in [-0.25, -0.2) is 9.78 Å². The number of nitrogens with zero attached hydrogens (tertiary/aromatic N) is 2. The summed E-state index contributed by atoms with van der Waals surface area (Å²) in [7, 11) is 1.36. The lowest BCUT2D eigenvalue weighted by Gasteiger charge is -1.99. The molecule has 28 heavy (non-hydrogen) atoms. The van der Waals surface area contributed by atoms with E-state index in [0.717, 1.165) is 31.5 Å². The molecule has 0 aliphatic carbocycles. The number of halogens is 1. The van der Waals surface area contributed by atoms with Gasteiger partial charge >= 0.3 is 5.97 Å². The summed E-state index contributed by atoms with van der Waals surface area (Å²) in [6, 6.07) is 20.7. The van der Waals surface area contributed by atoms with Gasteiger partial charge in [0.05, 0.1) is 18.4 Å². The lowest BCUT2D eigenvalue weighted by atomic mass is 10.1. The molecule has 0 fully saturated rings. The van der Waals surface area contributed by atoms with Gasteiger partial charge in [-0.1, -0.05) is 18.2 Å². The summed E-state index contributed by atoms with van der Waals surface area (Å²) in [4.78, 5) is 20.6. The Morgan fingerprint density at radius 1 is 1.11 bits per heavy atom. The van der Waals surface area contributed by atoms with Crippen molar-refractivity contribution in [2.24, 2.45) is 4.99 Å². The Bertz CT molecular complexity index is 1180. The van der Waals surface area contributed by atoms with Crippen LogP contribution >= 0.6 is 22.6 Å². The van der Waals surface area contributed by atoms with Crippen molar-refractivity contribution < 1.29 is 13.9 Å². The normalized spacial score (nSPS) is 11.2. The van der Waals surface area contributed by atoms with E-state index in [1.165, 1.54) is 7.11 Å². The number of esters is 1. The zero-order valence-electron chi connectivity index (χ0n) is 14.9. The average Bonchev–Trinajstić information content (AvgIpc) is 3.15. The second kappa shape index (κ2) is 7.93. The standard InChI is InChI=1S/C22H15IN2O3/c1-27-22(26)15-7-5-14(6-8-15)13-24-18-9-10-20-19(12-18)25-21(28-20)16-3-2-4-17(23)11-16/h2-13H,1H3. The van der Waals surface area contributed by atoms with Crippen LogP contribution in [0.25, 0.3) is 22.6 Å². The van der Waals surface area contributed by atoms with Gasteiger partial charge < -0.3 is 9.15 Å². The summed E-state index contributed by atoms with van der Waals surface area (Å²) >= 11 is 2.27. The Morgan fingerprint density at radius 3 is 2.68 bits per heavy atom. The number of fused-ring (bicyclic) bond motifs is 1. The molecule has 0 N–H and O–H groups in total. The third-order valence-corrected chi connectivity index (χ3v) is 4.81. The first-order valence-electron chi connectivity index (χ1n) is 8.51. The van der Waals surface area contributed by atoms with Crippen molar-refractivity contribution in [1.29, 1.82) is 0 Å². The summed E-state index contributed by atoms with van der Waals surface area (Å²) in [5, 5.41) is 0. The van der Waals surface area contributed by atoms with E-state index < -0.39 is 0 Å². The van der Waals surface area contributed by atoms with E-state index in [2.05, 4.69) is 32.6 Å². The maximum absolute atomic E-state index is 11.5. The number of oxazole rings is 1. The summed E-state index contributed by atoms with van der Waals surface area (Å²) in [5.41, 5.74) is 4.57. The number of methoxy groups -OCH3 is 1. The zero-order chi connectivity index (χ0) is 19.5. The molecular weight excluding hydrogens is 467 g/mol. The van der Waals surface area contributed by atoms with Crippen LogP contribution in [0.3, 0.4) is 0 Å². The maximum atomic E-state index is 11.5. The van der Waals surface area contributed by atoms with Gasteiger partial charge in [-0.15, -0.1) is 0 Å². The average molecular weight is 482 g/mol. The highest BCUT2D eigenvalue weighted by Crippen LogP contribution is 2.27. The van der Waals surface area contributed by atoms with Gasteiger partial charge in [0.15, 0.2) is 5.58 Å². The van der Waals surface area contributed by atoms with E-state index in [4.69, 9.17) is 9.15 Å². The van der Waals surface area contributed by atoms with E-state index in [1.807, 2.05) is 54.6 Å². The topological polar surface area (TPSA) is 64.7 Å². The van der Waals surface area contributed by atoms with Gasteiger partial charge in [0.2, 0.25) is 5.89 Å². The molecule has 0 saturated carbocycles. The molecule has 0 unspecified atom stereocenters. The van der Waals surface area contributed by atoms with Gasteiger partial charge in [0.1, 0.15) is 5.52 Å². The van der Waals surface area contributed by atoms with Gasteiger partial charge in [-0.3, -0.25) is 4.99 Å². The zero-order valence-corrected chi connectivity index (χ0v) is 17.1. The maximum Gasteiger partial charge on any atom is 0.337 e. The summed E-state index contributed by atoms with van der Waals surface area (Å²) < 4.78 is 11.7. The van der Waals surface area contributed by atoms with Crippen LogP contribution in [0, 0.1) is 3.57 Å². The first kappa shape index (κ1) is 18.4. The SMILES string of the molecule is COC(=O)c1ccc(C=Nc2ccc3oc(-c4cccc(I)c4)nc3c2)cc1. The lowest BCUT2D eigenvalue weighted by molar-refractivity contribution is 0.0600. The van der Waals surface area contributed by atoms with Crippen LogP contribution in [0.15, 0.2) is 76.1 Å². The van der Waals surface area contributed by atoms with Gasteiger partial charge in [0, 0.05) is 15.3 Å². The minimum absolute atomic E-state index is 0.358. The van der Waals surface area contributed by atoms with E-state index in [0.29, 0.717) is 11.5 Å². The Kier molecular flexibility index (Phi) is 5.21. The minimum Gasteiger partial charge on any atom is -0.465 e. The second-order valence-corrected chi connectivity index (χ2v) is 7.30. The molecule has 1 aromatic heterocycles. The largest absolute Gasteiger partial charge is 0.465 e. The van der Waals surface area contributed by atoms with Crippen molar-refractivity contribution >= 4 is 51.6 Å². The number of benzene rings is 3. The predicted molar refractivity (Wildman–Crippen MR) is 117 cm³/mol. The number of hydrogen-bond acceptors (Lipinski definition) is 5. The highest BCUT2D eigenvalue weighted by molar-refractivity contribution is 14.1. The van der Waals surface area contributed by atoms with Crippen LogP contribution in [0.4, 0.5) is 5.69 Å². The van der Waals surface area contributed by atoms with Gasteiger partial charge in [-0.2, -0.15) is 0 Å². The molecule has 0 atom stereocenters. The van der Waals surface area contributed by atoms with Crippen molar-refractivity contribution in [3.63, 3.8) is 0 Å². The van der Waals surface area contributed by atoms with Crippen LogP contribution in [-0.2, 0) is 4.74 Å². The minimum atomic E-state index is -0.358. The van der Waals surface area contributed by atoms with Crippen molar-refractivity contribution in [3.8, 4) is 11.5 Å². The van der Waals surface area contributed by atoms with Crippen molar-refractivity contribution in [2.75, 3.05) is 7.11 Å². The molecule has 0 saturated heterocycles. The first-order chi connectivity index (χ1) is 13.6. The van der Waals surface area contributed by atoms with Crippen LogP contribution in [0.5, 0.6) is 0 Å². The van der Waals surface area contributed by atoms with Crippen LogP contribution in [0.1, 0.15) is 15.9 Å². The number of hydrogen-bond donors (Lipinski definition) is 0. The van der Waals surface area contributed by atoms with Crippen molar-refractivity contribution in [1.82, 2.24) is 4.98 Å². The van der Waals surface area contributed by atoms with Crippen molar-refractivity contribution in [3.05, 3.63) is 81.4 Å². The molecule has 1 heterocycles. The Hall–Kier alpha value is -3.00. The Morgan fingerprint density at radius 2 is 1.93 bits per heavy atom. The number of aromatic nitrogens is 1. The number of carbonyl (C=O) groups is 1. The highest BCUT2D eigenvalue weighted by atomic mass is 127. The van der Waals surface area contributed by atoms with E-state index in [9.17, 15) is 4.79 Å². The molecule has 0 bridgehead atoms. The molecule has 138 valence electrons. The molecule has 0 aliphatic heterocycles. The fraction of sp³-hybridized carbons (Fsp3) is 0.0455. The van der Waals surface area contributed by atoms with Crippen LogP contribution in [-0.4, -0.2) is 24.3 Å². The molecule has 6 heteroatoms. The third kappa shape index (κ3) is 3.96. The molecule has 4 rings (SSSR count). The fourth-order valence-corrected chi connectivity index (χ4v) is 3.26. The highest BCUT2D eigenvalue weighted by Gasteiger charge is 2.09. The molecule has 4 aromatic rings. The van der Waals surface area contributed by atoms with Gasteiger partial charge in [-0.05, 0) is 76.7 Å². The monoisotopic (exact) mass is 482 g/mol. The van der Waals surface area contributed by atoms with E-state index in [-0.39, 0.29) is 5.97 Å². The quantitative estimate of drug-likeness (QED) is 0.215. The molecule has 0 spiro atoms. The molecule has 0 aliphatic rings. The fourth-order valence-electron chi connectivity index (χ4n) is 2.71. The lowest BCUT2D eigenvalue weighted by Crippen LogP contribution is -2.00. The van der Waals surface area contributed by atoms with Gasteiger partial charge in [0.25, 0.3) is 0 Å². The Labute approximate surface area is 175 Å². The Balaban J connectivity index is 1.57. The molecule has 5 nitrogen and oxygen atoms in total. The van der Waals surface area contributed by atoms with Crippen LogP contribution in [0.2, 0.25) is 0 Å². The third-order valence-electron chi connectivity index (χ3n) is 4.14. The second-order valence-electron chi connectivity index (χ2n) is 6.05. The molecule has 0 amide bonds. The number of ether oxygens (including phenoxy) is 1. The van der Waals surface area contributed by atoms with E-state index >= 15 is 0 Å². The number of carbonyl (C=O) groups excluding carboxylic acids is 1. The summed E-state index contributed by atoms with van der Waals surface area (Å²) in [6.45, 7) is 0.